The van der Waals surface area contributed by atoms with Crippen molar-refractivity contribution in [1.82, 2.24) is 4.31 Å². The molecule has 1 saturated heterocycles. The molecule has 2 rings (SSSR count). The summed E-state index contributed by atoms with van der Waals surface area (Å²) in [7, 11) is -2.01. The molecule has 0 aliphatic carbocycles. The van der Waals surface area contributed by atoms with Gasteiger partial charge in [0.2, 0.25) is 10.0 Å². The normalized spacial score (nSPS) is 21.2. The molecule has 0 aromatic heterocycles. The molecule has 1 unspecified atom stereocenters. The molecular formula is C11H14BrNO4S. The second-order valence-electron chi connectivity index (χ2n) is 4.10. The van der Waals surface area contributed by atoms with Crippen molar-refractivity contribution in [2.45, 2.75) is 17.4 Å². The zero-order valence-corrected chi connectivity index (χ0v) is 12.2. The Bertz CT molecular complexity index is 546. The number of hydrogen-bond donors (Lipinski definition) is 1. The minimum atomic E-state index is -3.53. The van der Waals surface area contributed by atoms with Crippen LogP contribution in [0.2, 0.25) is 0 Å². The highest BCUT2D eigenvalue weighted by molar-refractivity contribution is 9.10. The van der Waals surface area contributed by atoms with Crippen LogP contribution < -0.4 is 4.74 Å². The summed E-state index contributed by atoms with van der Waals surface area (Å²) in [6.07, 6.45) is -0.0854. The maximum atomic E-state index is 12.3. The number of nitrogens with zero attached hydrogens (tertiary/aromatic N) is 1. The highest BCUT2D eigenvalue weighted by atomic mass is 79.9. The van der Waals surface area contributed by atoms with E-state index in [0.29, 0.717) is 23.2 Å². The maximum absolute atomic E-state index is 12.3. The fourth-order valence-electron chi connectivity index (χ4n) is 1.89. The van der Waals surface area contributed by atoms with Gasteiger partial charge in [0.15, 0.2) is 0 Å². The fourth-order valence-corrected chi connectivity index (χ4v) is 4.10. The maximum Gasteiger partial charge on any atom is 0.243 e. The Morgan fingerprint density at radius 3 is 2.72 bits per heavy atom. The van der Waals surface area contributed by atoms with Gasteiger partial charge in [0.1, 0.15) is 5.75 Å². The third kappa shape index (κ3) is 2.54. The lowest BCUT2D eigenvalue weighted by Gasteiger charge is -2.16. The number of rotatable bonds is 3. The van der Waals surface area contributed by atoms with E-state index in [0.717, 1.165) is 0 Å². The summed E-state index contributed by atoms with van der Waals surface area (Å²) in [6, 6.07) is 4.62. The third-order valence-electron chi connectivity index (χ3n) is 2.89. The Morgan fingerprint density at radius 2 is 2.22 bits per heavy atom. The molecule has 1 fully saturated rings. The smallest absolute Gasteiger partial charge is 0.243 e. The van der Waals surface area contributed by atoms with E-state index in [1.807, 2.05) is 0 Å². The molecule has 1 N–H and O–H groups in total. The number of hydrogen-bond acceptors (Lipinski definition) is 4. The van der Waals surface area contributed by atoms with Gasteiger partial charge in [-0.25, -0.2) is 8.42 Å². The second-order valence-corrected chi connectivity index (χ2v) is 6.89. The van der Waals surface area contributed by atoms with Crippen LogP contribution in [0, 0.1) is 0 Å². The number of methoxy groups -OCH3 is 1. The number of β-amino-alcohol motifs (C(OH)–C–C–N with tert-alkyl or cyclic N) is 1. The van der Waals surface area contributed by atoms with E-state index >= 15 is 0 Å². The summed E-state index contributed by atoms with van der Waals surface area (Å²) in [4.78, 5) is 0.198. The van der Waals surface area contributed by atoms with E-state index in [1.165, 1.54) is 23.5 Å². The Hall–Kier alpha value is -0.630. The second kappa shape index (κ2) is 5.16. The molecule has 7 heteroatoms. The number of benzene rings is 1. The predicted molar refractivity (Wildman–Crippen MR) is 70.1 cm³/mol. The highest BCUT2D eigenvalue weighted by Crippen LogP contribution is 2.29. The summed E-state index contributed by atoms with van der Waals surface area (Å²) in [6.45, 7) is 0.513. The highest BCUT2D eigenvalue weighted by Gasteiger charge is 2.31. The number of aliphatic hydroxyl groups is 1. The molecule has 0 bridgehead atoms. The monoisotopic (exact) mass is 335 g/mol. The quantitative estimate of drug-likeness (QED) is 0.901. The van der Waals surface area contributed by atoms with E-state index in [1.54, 1.807) is 6.07 Å². The van der Waals surface area contributed by atoms with Gasteiger partial charge in [0, 0.05) is 13.1 Å². The number of ether oxygens (including phenoxy) is 1. The Morgan fingerprint density at radius 1 is 1.50 bits per heavy atom. The van der Waals surface area contributed by atoms with Gasteiger partial charge in [-0.2, -0.15) is 4.31 Å². The van der Waals surface area contributed by atoms with Crippen molar-refractivity contribution in [3.05, 3.63) is 22.7 Å². The Labute approximate surface area is 115 Å². The zero-order valence-electron chi connectivity index (χ0n) is 9.84. The predicted octanol–water partition coefficient (Wildman–Crippen LogP) is 1.21. The van der Waals surface area contributed by atoms with Crippen molar-refractivity contribution in [2.24, 2.45) is 0 Å². The van der Waals surface area contributed by atoms with Crippen LogP contribution >= 0.6 is 15.9 Å². The van der Waals surface area contributed by atoms with Crippen LogP contribution in [0.15, 0.2) is 27.6 Å². The summed E-state index contributed by atoms with van der Waals surface area (Å²) in [5.74, 6) is 0.579. The van der Waals surface area contributed by atoms with Gasteiger partial charge in [-0.1, -0.05) is 0 Å². The van der Waals surface area contributed by atoms with Crippen LogP contribution in [-0.4, -0.2) is 44.1 Å². The van der Waals surface area contributed by atoms with Gasteiger partial charge in [0.25, 0.3) is 0 Å². The topological polar surface area (TPSA) is 66.8 Å². The molecule has 1 aromatic rings. The first kappa shape index (κ1) is 13.8. The molecule has 0 spiro atoms. The van der Waals surface area contributed by atoms with Crippen molar-refractivity contribution in [3.63, 3.8) is 0 Å². The van der Waals surface area contributed by atoms with E-state index in [9.17, 15) is 13.5 Å². The lowest BCUT2D eigenvalue weighted by molar-refractivity contribution is 0.189. The van der Waals surface area contributed by atoms with Crippen LogP contribution in [0.3, 0.4) is 0 Å². The molecule has 5 nitrogen and oxygen atoms in total. The Balaban J connectivity index is 2.33. The molecule has 0 radical (unpaired) electrons. The van der Waals surface area contributed by atoms with Crippen molar-refractivity contribution in [1.29, 1.82) is 0 Å². The average molecular weight is 336 g/mol. The van der Waals surface area contributed by atoms with Crippen molar-refractivity contribution in [3.8, 4) is 5.75 Å². The van der Waals surface area contributed by atoms with Crippen LogP contribution in [0.1, 0.15) is 6.42 Å². The van der Waals surface area contributed by atoms with Crippen molar-refractivity contribution in [2.75, 3.05) is 20.2 Å². The fraction of sp³-hybridized carbons (Fsp3) is 0.455. The van der Waals surface area contributed by atoms with E-state index in [4.69, 9.17) is 4.74 Å². The molecule has 1 aliphatic rings. The van der Waals surface area contributed by atoms with Gasteiger partial charge >= 0.3 is 0 Å². The molecule has 1 aromatic carbocycles. The number of aliphatic hydroxyl groups excluding tert-OH is 1. The van der Waals surface area contributed by atoms with E-state index < -0.39 is 16.1 Å². The van der Waals surface area contributed by atoms with Crippen molar-refractivity contribution < 1.29 is 18.3 Å². The van der Waals surface area contributed by atoms with Crippen LogP contribution in [0.25, 0.3) is 0 Å². The van der Waals surface area contributed by atoms with Crippen LogP contribution in [-0.2, 0) is 10.0 Å². The molecule has 1 atom stereocenters. The van der Waals surface area contributed by atoms with Crippen LogP contribution in [0.4, 0.5) is 0 Å². The molecule has 0 amide bonds. The molecule has 1 aliphatic heterocycles. The van der Waals surface area contributed by atoms with E-state index in [2.05, 4.69) is 15.9 Å². The SMILES string of the molecule is COc1ccc(S(=O)(=O)N2CCC(O)C2)cc1Br. The third-order valence-corrected chi connectivity index (χ3v) is 5.37. The molecule has 18 heavy (non-hydrogen) atoms. The summed E-state index contributed by atoms with van der Waals surface area (Å²) >= 11 is 3.26. The van der Waals surface area contributed by atoms with Gasteiger partial charge in [-0.3, -0.25) is 0 Å². The number of sulfonamides is 1. The summed E-state index contributed by atoms with van der Waals surface area (Å²) < 4.78 is 31.5. The van der Waals surface area contributed by atoms with E-state index in [-0.39, 0.29) is 11.4 Å². The standard InChI is InChI=1S/C11H14BrNO4S/c1-17-11-3-2-9(6-10(11)12)18(15,16)13-5-4-8(14)7-13/h2-3,6,8,14H,4-5,7H2,1H3. The first-order valence-electron chi connectivity index (χ1n) is 5.47. The largest absolute Gasteiger partial charge is 0.496 e. The average Bonchev–Trinajstić information content (AvgIpc) is 2.76. The summed E-state index contributed by atoms with van der Waals surface area (Å²) in [5.41, 5.74) is 0. The van der Waals surface area contributed by atoms with Crippen molar-refractivity contribution >= 4 is 26.0 Å². The minimum Gasteiger partial charge on any atom is -0.496 e. The molecule has 0 saturated carbocycles. The first-order valence-corrected chi connectivity index (χ1v) is 7.70. The lowest BCUT2D eigenvalue weighted by Crippen LogP contribution is -2.29. The minimum absolute atomic E-state index is 0.159. The summed E-state index contributed by atoms with van der Waals surface area (Å²) in [5, 5.41) is 9.41. The molecule has 100 valence electrons. The zero-order chi connectivity index (χ0) is 13.3. The lowest BCUT2D eigenvalue weighted by atomic mass is 10.3. The van der Waals surface area contributed by atoms with Crippen LogP contribution in [0.5, 0.6) is 5.75 Å². The molecule has 1 heterocycles. The molecular weight excluding hydrogens is 322 g/mol. The van der Waals surface area contributed by atoms with Gasteiger partial charge < -0.3 is 9.84 Å². The first-order chi connectivity index (χ1) is 8.45. The van der Waals surface area contributed by atoms with Gasteiger partial charge in [0.05, 0.1) is 22.6 Å². The van der Waals surface area contributed by atoms with Gasteiger partial charge in [-0.05, 0) is 40.5 Å². The Kier molecular flexibility index (Phi) is 3.96. The van der Waals surface area contributed by atoms with Gasteiger partial charge in [-0.15, -0.1) is 0 Å². The number of halogens is 1.